The molecule has 0 aromatic carbocycles. The van der Waals surface area contributed by atoms with Crippen molar-refractivity contribution in [3.05, 3.63) is 54.2 Å². The lowest BCUT2D eigenvalue weighted by Crippen LogP contribution is -2.33. The molecule has 18 heavy (non-hydrogen) atoms. The minimum atomic E-state index is -0.0628. The van der Waals surface area contributed by atoms with Gasteiger partial charge in [0.1, 0.15) is 5.76 Å². The predicted octanol–water partition coefficient (Wildman–Crippen LogP) is 1.08. The summed E-state index contributed by atoms with van der Waals surface area (Å²) in [6.45, 7) is 1.25. The first-order chi connectivity index (χ1) is 8.84. The van der Waals surface area contributed by atoms with E-state index in [0.717, 1.165) is 11.5 Å². The first-order valence-corrected chi connectivity index (χ1v) is 5.74. The van der Waals surface area contributed by atoms with Gasteiger partial charge in [0.2, 0.25) is 5.91 Å². The van der Waals surface area contributed by atoms with Gasteiger partial charge in [-0.2, -0.15) is 0 Å². The highest BCUT2D eigenvalue weighted by Gasteiger charge is 2.02. The van der Waals surface area contributed by atoms with Crippen molar-refractivity contribution in [1.82, 2.24) is 15.6 Å². The molecular weight excluding hydrogens is 230 g/mol. The van der Waals surface area contributed by atoms with E-state index in [1.165, 1.54) is 0 Å². The monoisotopic (exact) mass is 245 g/mol. The first-order valence-electron chi connectivity index (χ1n) is 5.74. The van der Waals surface area contributed by atoms with Crippen molar-refractivity contribution in [1.29, 1.82) is 0 Å². The zero-order valence-corrected chi connectivity index (χ0v) is 9.93. The summed E-state index contributed by atoms with van der Waals surface area (Å²) >= 11 is 0. The Kier molecular flexibility index (Phi) is 4.49. The average molecular weight is 245 g/mol. The van der Waals surface area contributed by atoms with Crippen molar-refractivity contribution in [2.75, 3.05) is 6.54 Å². The van der Waals surface area contributed by atoms with Gasteiger partial charge in [-0.3, -0.25) is 9.78 Å². The third kappa shape index (κ3) is 4.03. The molecule has 94 valence electrons. The Morgan fingerprint density at radius 1 is 1.22 bits per heavy atom. The topological polar surface area (TPSA) is 67.2 Å². The molecule has 2 N–H and O–H groups in total. The van der Waals surface area contributed by atoms with Gasteiger partial charge in [-0.05, 0) is 24.3 Å². The smallest absolute Gasteiger partial charge is 0.234 e. The van der Waals surface area contributed by atoms with Gasteiger partial charge in [0.15, 0.2) is 0 Å². The third-order valence-corrected chi connectivity index (χ3v) is 2.36. The van der Waals surface area contributed by atoms with E-state index in [-0.39, 0.29) is 12.5 Å². The molecule has 5 nitrogen and oxygen atoms in total. The van der Waals surface area contributed by atoms with Crippen LogP contribution in [0, 0.1) is 0 Å². The van der Waals surface area contributed by atoms with Crippen LogP contribution in [-0.4, -0.2) is 17.4 Å². The number of hydrogen-bond acceptors (Lipinski definition) is 4. The second kappa shape index (κ2) is 6.56. The lowest BCUT2D eigenvalue weighted by molar-refractivity contribution is -0.120. The zero-order chi connectivity index (χ0) is 12.6. The van der Waals surface area contributed by atoms with E-state index in [1.807, 2.05) is 30.3 Å². The zero-order valence-electron chi connectivity index (χ0n) is 9.93. The van der Waals surface area contributed by atoms with Gasteiger partial charge >= 0.3 is 0 Å². The Morgan fingerprint density at radius 2 is 2.17 bits per heavy atom. The van der Waals surface area contributed by atoms with Crippen molar-refractivity contribution < 1.29 is 9.21 Å². The Morgan fingerprint density at radius 3 is 2.89 bits per heavy atom. The standard InChI is InChI=1S/C13H15N3O2/c17-13(10-14-9-12-5-3-7-18-12)16-8-11-4-1-2-6-15-11/h1-7,14H,8-10H2,(H,16,17). The van der Waals surface area contributed by atoms with E-state index in [1.54, 1.807) is 12.5 Å². The van der Waals surface area contributed by atoms with E-state index in [9.17, 15) is 4.79 Å². The number of rotatable bonds is 6. The molecule has 0 unspecified atom stereocenters. The largest absolute Gasteiger partial charge is 0.468 e. The van der Waals surface area contributed by atoms with Crippen LogP contribution in [0.1, 0.15) is 11.5 Å². The second-order valence-electron chi connectivity index (χ2n) is 3.78. The molecule has 0 radical (unpaired) electrons. The molecular formula is C13H15N3O2. The van der Waals surface area contributed by atoms with Gasteiger partial charge in [0, 0.05) is 6.20 Å². The molecule has 0 aliphatic heterocycles. The highest BCUT2D eigenvalue weighted by atomic mass is 16.3. The van der Waals surface area contributed by atoms with Crippen LogP contribution in [0.2, 0.25) is 0 Å². The molecule has 2 aromatic heterocycles. The third-order valence-electron chi connectivity index (χ3n) is 2.36. The van der Waals surface area contributed by atoms with E-state index in [2.05, 4.69) is 15.6 Å². The van der Waals surface area contributed by atoms with Crippen molar-refractivity contribution in [3.8, 4) is 0 Å². The quantitative estimate of drug-likeness (QED) is 0.799. The first kappa shape index (κ1) is 12.3. The van der Waals surface area contributed by atoms with Crippen molar-refractivity contribution in [2.24, 2.45) is 0 Å². The van der Waals surface area contributed by atoms with E-state index in [4.69, 9.17) is 4.42 Å². The normalized spacial score (nSPS) is 10.2. The number of pyridine rings is 1. The van der Waals surface area contributed by atoms with Crippen LogP contribution in [0.4, 0.5) is 0 Å². The Labute approximate surface area is 105 Å². The summed E-state index contributed by atoms with van der Waals surface area (Å²) in [5.41, 5.74) is 0.844. The fraction of sp³-hybridized carbons (Fsp3) is 0.231. The molecule has 0 fully saturated rings. The lowest BCUT2D eigenvalue weighted by Gasteiger charge is -2.05. The molecule has 2 heterocycles. The fourth-order valence-electron chi connectivity index (χ4n) is 1.47. The minimum Gasteiger partial charge on any atom is -0.468 e. The van der Waals surface area contributed by atoms with Crippen LogP contribution in [0.3, 0.4) is 0 Å². The number of furan rings is 1. The number of amides is 1. The van der Waals surface area contributed by atoms with E-state index < -0.39 is 0 Å². The SMILES string of the molecule is O=C(CNCc1ccco1)NCc1ccccn1. The average Bonchev–Trinajstić information content (AvgIpc) is 2.91. The van der Waals surface area contributed by atoms with Crippen LogP contribution in [-0.2, 0) is 17.9 Å². The van der Waals surface area contributed by atoms with Crippen molar-refractivity contribution >= 4 is 5.91 Å². The number of aromatic nitrogens is 1. The van der Waals surface area contributed by atoms with Crippen LogP contribution in [0.25, 0.3) is 0 Å². The molecule has 0 atom stereocenters. The van der Waals surface area contributed by atoms with E-state index in [0.29, 0.717) is 13.1 Å². The molecule has 0 bridgehead atoms. The Balaban J connectivity index is 1.63. The molecule has 1 amide bonds. The Hall–Kier alpha value is -2.14. The van der Waals surface area contributed by atoms with Crippen LogP contribution < -0.4 is 10.6 Å². The van der Waals surface area contributed by atoms with Crippen LogP contribution in [0.5, 0.6) is 0 Å². The van der Waals surface area contributed by atoms with Gasteiger partial charge in [-0.25, -0.2) is 0 Å². The molecule has 2 aromatic rings. The maximum Gasteiger partial charge on any atom is 0.234 e. The number of nitrogens with one attached hydrogen (secondary N) is 2. The summed E-state index contributed by atoms with van der Waals surface area (Å²) < 4.78 is 5.14. The van der Waals surface area contributed by atoms with Gasteiger partial charge in [-0.1, -0.05) is 6.07 Å². The number of hydrogen-bond donors (Lipinski definition) is 2. The summed E-state index contributed by atoms with van der Waals surface area (Å²) in [6, 6.07) is 9.29. The second-order valence-corrected chi connectivity index (χ2v) is 3.78. The minimum absolute atomic E-state index is 0.0628. The van der Waals surface area contributed by atoms with E-state index >= 15 is 0 Å². The highest BCUT2D eigenvalue weighted by Crippen LogP contribution is 1.97. The maximum atomic E-state index is 11.5. The highest BCUT2D eigenvalue weighted by molar-refractivity contribution is 5.77. The number of carbonyl (C=O) groups is 1. The molecule has 0 aliphatic rings. The number of carbonyl (C=O) groups excluding carboxylic acids is 1. The van der Waals surface area contributed by atoms with Gasteiger partial charge in [0.05, 0.1) is 31.6 Å². The van der Waals surface area contributed by atoms with Crippen LogP contribution in [0.15, 0.2) is 47.2 Å². The molecule has 0 saturated carbocycles. The van der Waals surface area contributed by atoms with Gasteiger partial charge in [-0.15, -0.1) is 0 Å². The summed E-state index contributed by atoms with van der Waals surface area (Å²) in [5, 5.41) is 5.78. The number of nitrogens with zero attached hydrogens (tertiary/aromatic N) is 1. The van der Waals surface area contributed by atoms with Gasteiger partial charge in [0.25, 0.3) is 0 Å². The molecule has 0 saturated heterocycles. The summed E-state index contributed by atoms with van der Waals surface area (Å²) in [4.78, 5) is 15.6. The Bertz CT molecular complexity index is 468. The molecule has 0 aliphatic carbocycles. The summed E-state index contributed by atoms with van der Waals surface area (Å²) in [5.74, 6) is 0.750. The van der Waals surface area contributed by atoms with Crippen LogP contribution >= 0.6 is 0 Å². The van der Waals surface area contributed by atoms with Gasteiger partial charge < -0.3 is 15.1 Å². The molecule has 2 rings (SSSR count). The van der Waals surface area contributed by atoms with Crippen molar-refractivity contribution in [3.63, 3.8) is 0 Å². The molecule has 0 spiro atoms. The fourth-order valence-corrected chi connectivity index (χ4v) is 1.47. The summed E-state index contributed by atoms with van der Waals surface area (Å²) in [6.07, 6.45) is 3.31. The summed E-state index contributed by atoms with van der Waals surface area (Å²) in [7, 11) is 0. The predicted molar refractivity (Wildman–Crippen MR) is 66.5 cm³/mol. The van der Waals surface area contributed by atoms with Crippen molar-refractivity contribution in [2.45, 2.75) is 13.1 Å². The lowest BCUT2D eigenvalue weighted by atomic mass is 10.3. The maximum absolute atomic E-state index is 11.5. The molecule has 5 heteroatoms.